The van der Waals surface area contributed by atoms with Crippen molar-refractivity contribution in [1.29, 1.82) is 0 Å². The monoisotopic (exact) mass is 386 g/mol. The van der Waals surface area contributed by atoms with Crippen molar-refractivity contribution in [3.05, 3.63) is 58.6 Å². The third kappa shape index (κ3) is 4.61. The maximum Gasteiger partial charge on any atom is 0.253 e. The molecule has 1 fully saturated rings. The lowest BCUT2D eigenvalue weighted by Crippen LogP contribution is -2.31. The summed E-state index contributed by atoms with van der Waals surface area (Å²) in [5, 5.41) is 0.479. The van der Waals surface area contributed by atoms with E-state index in [1.54, 1.807) is 35.0 Å². The van der Waals surface area contributed by atoms with E-state index in [1.807, 2.05) is 31.2 Å². The van der Waals surface area contributed by atoms with E-state index in [-0.39, 0.29) is 11.8 Å². The zero-order valence-electron chi connectivity index (χ0n) is 15.6. The predicted molar refractivity (Wildman–Crippen MR) is 107 cm³/mol. The summed E-state index contributed by atoms with van der Waals surface area (Å²) in [7, 11) is 1.73. The van der Waals surface area contributed by atoms with Gasteiger partial charge in [-0.2, -0.15) is 0 Å². The molecule has 27 heavy (non-hydrogen) atoms. The zero-order chi connectivity index (χ0) is 19.4. The second kappa shape index (κ2) is 8.44. The molecule has 0 aromatic heterocycles. The third-order valence-electron chi connectivity index (χ3n) is 4.59. The van der Waals surface area contributed by atoms with Gasteiger partial charge in [-0.3, -0.25) is 9.59 Å². The second-order valence-electron chi connectivity index (χ2n) is 6.71. The molecule has 0 atom stereocenters. The molecule has 0 radical (unpaired) electrons. The molecule has 142 valence electrons. The number of carbonyl (C=O) groups is 2. The molecule has 1 aliphatic heterocycles. The lowest BCUT2D eigenvalue weighted by Gasteiger charge is -2.21. The second-order valence-corrected chi connectivity index (χ2v) is 7.11. The van der Waals surface area contributed by atoms with Gasteiger partial charge in [-0.15, -0.1) is 0 Å². The van der Waals surface area contributed by atoms with Crippen LogP contribution in [-0.2, 0) is 4.79 Å². The van der Waals surface area contributed by atoms with Crippen LogP contribution in [0, 0.1) is 6.92 Å². The van der Waals surface area contributed by atoms with Gasteiger partial charge >= 0.3 is 0 Å². The maximum absolute atomic E-state index is 12.7. The number of ether oxygens (including phenoxy) is 1. The van der Waals surface area contributed by atoms with Crippen LogP contribution in [0.15, 0.2) is 42.5 Å². The van der Waals surface area contributed by atoms with Crippen molar-refractivity contribution < 1.29 is 14.3 Å². The standard InChI is InChI=1S/C21H23ClN2O3/c1-15-5-3-6-17(13-15)27-12-11-23(2)21(26)16-8-9-18(22)19(14-16)24-10-4-7-20(24)25/h3,5-6,8-9,13-14H,4,7,10-12H2,1-2H3. The molecule has 0 bridgehead atoms. The highest BCUT2D eigenvalue weighted by Gasteiger charge is 2.25. The number of amides is 2. The Morgan fingerprint density at radius 3 is 2.78 bits per heavy atom. The minimum absolute atomic E-state index is 0.0430. The fourth-order valence-corrected chi connectivity index (χ4v) is 3.30. The van der Waals surface area contributed by atoms with Gasteiger partial charge in [-0.1, -0.05) is 23.7 Å². The van der Waals surface area contributed by atoms with Gasteiger partial charge in [0.05, 0.1) is 17.3 Å². The molecule has 5 nitrogen and oxygen atoms in total. The summed E-state index contributed by atoms with van der Waals surface area (Å²) >= 11 is 6.25. The van der Waals surface area contributed by atoms with Crippen LogP contribution in [0.2, 0.25) is 5.02 Å². The van der Waals surface area contributed by atoms with E-state index < -0.39 is 0 Å². The summed E-state index contributed by atoms with van der Waals surface area (Å²) in [5.74, 6) is 0.700. The molecule has 2 amide bonds. The van der Waals surface area contributed by atoms with Crippen LogP contribution in [0.4, 0.5) is 5.69 Å². The van der Waals surface area contributed by atoms with E-state index in [2.05, 4.69) is 0 Å². The van der Waals surface area contributed by atoms with Crippen LogP contribution >= 0.6 is 11.6 Å². The van der Waals surface area contributed by atoms with Crippen LogP contribution in [-0.4, -0.2) is 43.5 Å². The van der Waals surface area contributed by atoms with Crippen LogP contribution in [0.1, 0.15) is 28.8 Å². The Morgan fingerprint density at radius 2 is 2.07 bits per heavy atom. The molecule has 6 heteroatoms. The first-order valence-electron chi connectivity index (χ1n) is 9.00. The topological polar surface area (TPSA) is 49.9 Å². The van der Waals surface area contributed by atoms with Crippen molar-refractivity contribution in [2.75, 3.05) is 31.6 Å². The molecule has 1 aliphatic rings. The molecule has 0 saturated carbocycles. The Bertz CT molecular complexity index is 853. The number of benzene rings is 2. The summed E-state index contributed by atoms with van der Waals surface area (Å²) in [4.78, 5) is 28.0. The molecule has 0 spiro atoms. The minimum atomic E-state index is -0.132. The van der Waals surface area contributed by atoms with E-state index in [0.717, 1.165) is 17.7 Å². The molecule has 0 unspecified atom stereocenters. The van der Waals surface area contributed by atoms with Crippen molar-refractivity contribution in [2.45, 2.75) is 19.8 Å². The fourth-order valence-electron chi connectivity index (χ4n) is 3.08. The number of carbonyl (C=O) groups excluding carboxylic acids is 2. The van der Waals surface area contributed by atoms with Crippen molar-refractivity contribution in [2.24, 2.45) is 0 Å². The van der Waals surface area contributed by atoms with Gasteiger partial charge in [0.1, 0.15) is 12.4 Å². The first-order chi connectivity index (χ1) is 13.0. The largest absolute Gasteiger partial charge is 0.492 e. The molecule has 1 heterocycles. The highest BCUT2D eigenvalue weighted by atomic mass is 35.5. The third-order valence-corrected chi connectivity index (χ3v) is 4.91. The van der Waals surface area contributed by atoms with Gasteiger partial charge in [0.25, 0.3) is 5.91 Å². The van der Waals surface area contributed by atoms with E-state index in [9.17, 15) is 9.59 Å². The molecule has 0 N–H and O–H groups in total. The molecular formula is C21H23ClN2O3. The summed E-state index contributed by atoms with van der Waals surface area (Å²) in [6.45, 7) is 3.49. The minimum Gasteiger partial charge on any atom is -0.492 e. The Balaban J connectivity index is 1.63. The fraction of sp³-hybridized carbons (Fsp3) is 0.333. The number of hydrogen-bond acceptors (Lipinski definition) is 3. The van der Waals surface area contributed by atoms with E-state index in [0.29, 0.717) is 42.4 Å². The summed E-state index contributed by atoms with van der Waals surface area (Å²) < 4.78 is 5.71. The highest BCUT2D eigenvalue weighted by Crippen LogP contribution is 2.30. The smallest absolute Gasteiger partial charge is 0.253 e. The summed E-state index contributed by atoms with van der Waals surface area (Å²) in [5.41, 5.74) is 2.24. The SMILES string of the molecule is Cc1cccc(OCCN(C)C(=O)c2ccc(Cl)c(N3CCCC3=O)c2)c1. The number of hydrogen-bond donors (Lipinski definition) is 0. The van der Waals surface area contributed by atoms with E-state index in [4.69, 9.17) is 16.3 Å². The number of rotatable bonds is 6. The van der Waals surface area contributed by atoms with E-state index in [1.165, 1.54) is 0 Å². The number of aryl methyl sites for hydroxylation is 1. The van der Waals surface area contributed by atoms with Gasteiger partial charge in [-0.05, 0) is 49.2 Å². The normalized spacial score (nSPS) is 13.7. The molecule has 2 aromatic carbocycles. The van der Waals surface area contributed by atoms with Crippen LogP contribution < -0.4 is 9.64 Å². The number of nitrogens with zero attached hydrogens (tertiary/aromatic N) is 2. The molecule has 3 rings (SSSR count). The summed E-state index contributed by atoms with van der Waals surface area (Å²) in [6.07, 6.45) is 1.33. The summed E-state index contributed by atoms with van der Waals surface area (Å²) in [6, 6.07) is 12.9. The lowest BCUT2D eigenvalue weighted by molar-refractivity contribution is -0.117. The maximum atomic E-state index is 12.7. The zero-order valence-corrected chi connectivity index (χ0v) is 16.3. The number of likely N-dealkylation sites (N-methyl/N-ethyl adjacent to an activating group) is 1. The molecule has 1 saturated heterocycles. The Morgan fingerprint density at radius 1 is 1.26 bits per heavy atom. The Kier molecular flexibility index (Phi) is 6.01. The van der Waals surface area contributed by atoms with Gasteiger partial charge in [-0.25, -0.2) is 0 Å². The van der Waals surface area contributed by atoms with Gasteiger partial charge in [0.2, 0.25) is 5.91 Å². The number of halogens is 1. The van der Waals surface area contributed by atoms with Crippen LogP contribution in [0.5, 0.6) is 5.75 Å². The Hall–Kier alpha value is -2.53. The van der Waals surface area contributed by atoms with Gasteiger partial charge < -0.3 is 14.5 Å². The number of anilines is 1. The predicted octanol–water partition coefficient (Wildman–Crippen LogP) is 3.93. The van der Waals surface area contributed by atoms with Crippen molar-refractivity contribution in [3.63, 3.8) is 0 Å². The molecular weight excluding hydrogens is 364 g/mol. The first kappa shape index (κ1) is 19.2. The molecule has 2 aromatic rings. The Labute approximate surface area is 164 Å². The van der Waals surface area contributed by atoms with Crippen molar-refractivity contribution in [3.8, 4) is 5.75 Å². The van der Waals surface area contributed by atoms with Crippen LogP contribution in [0.3, 0.4) is 0 Å². The average molecular weight is 387 g/mol. The van der Waals surface area contributed by atoms with Gasteiger partial charge in [0.15, 0.2) is 0 Å². The van der Waals surface area contributed by atoms with Crippen molar-refractivity contribution in [1.82, 2.24) is 4.90 Å². The van der Waals surface area contributed by atoms with Crippen LogP contribution in [0.25, 0.3) is 0 Å². The van der Waals surface area contributed by atoms with E-state index >= 15 is 0 Å². The first-order valence-corrected chi connectivity index (χ1v) is 9.38. The molecule has 0 aliphatic carbocycles. The quantitative estimate of drug-likeness (QED) is 0.755. The van der Waals surface area contributed by atoms with Gasteiger partial charge in [0, 0.05) is 25.6 Å². The lowest BCUT2D eigenvalue weighted by atomic mass is 10.1. The average Bonchev–Trinajstić information content (AvgIpc) is 3.07. The van der Waals surface area contributed by atoms with Crippen molar-refractivity contribution >= 4 is 29.1 Å². The highest BCUT2D eigenvalue weighted by molar-refractivity contribution is 6.34.